The monoisotopic (exact) mass is 576 g/mol. The van der Waals surface area contributed by atoms with Crippen LogP contribution in [0.4, 0.5) is 0 Å². The van der Waals surface area contributed by atoms with Crippen LogP contribution >= 0.6 is 0 Å². The van der Waals surface area contributed by atoms with E-state index in [1.807, 2.05) is 0 Å². The summed E-state index contributed by atoms with van der Waals surface area (Å²) >= 11 is 0. The van der Waals surface area contributed by atoms with Gasteiger partial charge in [-0.2, -0.15) is 0 Å². The molecule has 1 aliphatic heterocycles. The highest BCUT2D eigenvalue weighted by Gasteiger charge is 2.45. The molecule has 40 heavy (non-hydrogen) atoms. The molecule has 0 aromatic rings. The van der Waals surface area contributed by atoms with Gasteiger partial charge < -0.3 is 39.4 Å². The summed E-state index contributed by atoms with van der Waals surface area (Å²) < 4.78 is 23.8. The Morgan fingerprint density at radius 3 is 1.45 bits per heavy atom. The first-order valence-electron chi connectivity index (χ1n) is 16.5. The molecule has 1 aliphatic rings. The van der Waals surface area contributed by atoms with E-state index in [-0.39, 0.29) is 6.61 Å². The van der Waals surface area contributed by atoms with Crippen molar-refractivity contribution in [1.82, 2.24) is 0 Å². The van der Waals surface area contributed by atoms with Crippen molar-refractivity contribution in [3.63, 3.8) is 0 Å². The van der Waals surface area contributed by atoms with E-state index in [1.165, 1.54) is 89.9 Å². The Morgan fingerprint density at radius 2 is 1.02 bits per heavy atom. The summed E-state index contributed by atoms with van der Waals surface area (Å²) in [7, 11) is 0. The zero-order valence-corrected chi connectivity index (χ0v) is 26.1. The van der Waals surface area contributed by atoms with Gasteiger partial charge in [0.05, 0.1) is 26.4 Å². The Balaban J connectivity index is 2.52. The lowest BCUT2D eigenvalue weighted by Crippen LogP contribution is -2.59. The predicted molar refractivity (Wildman–Crippen MR) is 159 cm³/mol. The lowest BCUT2D eigenvalue weighted by Gasteiger charge is -2.41. The SMILES string of the molecule is CCCCCCCCCCOCC(CC)(COCCCCCCCCCC)CO[C@@H]1OC(CO)[C@@H](O)C(O)C1O. The fraction of sp³-hybridized carbons (Fsp3) is 1.00. The third-order valence-corrected chi connectivity index (χ3v) is 8.25. The van der Waals surface area contributed by atoms with E-state index in [2.05, 4.69) is 20.8 Å². The summed E-state index contributed by atoms with van der Waals surface area (Å²) in [4.78, 5) is 0. The first-order valence-corrected chi connectivity index (χ1v) is 16.5. The van der Waals surface area contributed by atoms with Crippen molar-refractivity contribution in [3.05, 3.63) is 0 Å². The molecule has 0 amide bonds. The fourth-order valence-corrected chi connectivity index (χ4v) is 5.15. The lowest BCUT2D eigenvalue weighted by molar-refractivity contribution is -0.308. The van der Waals surface area contributed by atoms with Crippen molar-refractivity contribution in [1.29, 1.82) is 0 Å². The van der Waals surface area contributed by atoms with Crippen LogP contribution in [0.1, 0.15) is 130 Å². The molecule has 5 atom stereocenters. The van der Waals surface area contributed by atoms with Gasteiger partial charge in [0.2, 0.25) is 0 Å². The highest BCUT2D eigenvalue weighted by molar-refractivity contribution is 4.89. The van der Waals surface area contributed by atoms with Gasteiger partial charge in [0.25, 0.3) is 0 Å². The van der Waals surface area contributed by atoms with Gasteiger partial charge in [-0.15, -0.1) is 0 Å². The minimum absolute atomic E-state index is 0.209. The van der Waals surface area contributed by atoms with Crippen LogP contribution in [0.25, 0.3) is 0 Å². The first-order chi connectivity index (χ1) is 19.4. The van der Waals surface area contributed by atoms with Crippen LogP contribution in [0.15, 0.2) is 0 Å². The Morgan fingerprint density at radius 1 is 0.575 bits per heavy atom. The number of hydrogen-bond acceptors (Lipinski definition) is 8. The van der Waals surface area contributed by atoms with Gasteiger partial charge >= 0.3 is 0 Å². The van der Waals surface area contributed by atoms with Crippen LogP contribution in [0.5, 0.6) is 0 Å². The lowest BCUT2D eigenvalue weighted by atomic mass is 9.87. The summed E-state index contributed by atoms with van der Waals surface area (Å²) in [5, 5.41) is 40.1. The Labute approximate surface area is 245 Å². The molecule has 240 valence electrons. The van der Waals surface area contributed by atoms with Crippen LogP contribution in [0.2, 0.25) is 0 Å². The maximum atomic E-state index is 10.4. The average Bonchev–Trinajstić information content (AvgIpc) is 2.97. The van der Waals surface area contributed by atoms with Gasteiger partial charge in [0.1, 0.15) is 24.4 Å². The molecule has 1 heterocycles. The molecule has 0 bridgehead atoms. The highest BCUT2D eigenvalue weighted by atomic mass is 16.7. The number of aliphatic hydroxyl groups is 4. The molecule has 1 saturated heterocycles. The molecular weight excluding hydrogens is 512 g/mol. The summed E-state index contributed by atoms with van der Waals surface area (Å²) in [6.07, 6.45) is 14.3. The zero-order chi connectivity index (χ0) is 29.5. The molecule has 1 fully saturated rings. The average molecular weight is 577 g/mol. The molecule has 0 aromatic heterocycles. The van der Waals surface area contributed by atoms with E-state index < -0.39 is 42.7 Å². The first kappa shape index (κ1) is 37.7. The standard InChI is InChI=1S/C32H64O8/c1-4-7-9-11-13-15-17-19-21-37-24-32(6-3,25-38-22-20-18-16-14-12-10-8-5-2)26-39-31-30(36)29(35)28(34)27(23-33)40-31/h27-31,33-36H,4-26H2,1-3H3/t27?,28-,29?,30?,31-/m1/s1. The van der Waals surface area contributed by atoms with Crippen LogP contribution < -0.4 is 0 Å². The molecule has 3 unspecified atom stereocenters. The highest BCUT2D eigenvalue weighted by Crippen LogP contribution is 2.28. The van der Waals surface area contributed by atoms with E-state index in [0.29, 0.717) is 26.4 Å². The number of hydrogen-bond donors (Lipinski definition) is 4. The van der Waals surface area contributed by atoms with Crippen molar-refractivity contribution >= 4 is 0 Å². The van der Waals surface area contributed by atoms with Crippen molar-refractivity contribution < 1.29 is 39.4 Å². The molecule has 0 aromatic carbocycles. The van der Waals surface area contributed by atoms with Gasteiger partial charge in [-0.05, 0) is 19.3 Å². The molecule has 8 nitrogen and oxygen atoms in total. The normalized spacial score (nSPS) is 23.6. The molecule has 4 N–H and O–H groups in total. The fourth-order valence-electron chi connectivity index (χ4n) is 5.15. The second-order valence-electron chi connectivity index (χ2n) is 11.9. The summed E-state index contributed by atoms with van der Waals surface area (Å²) in [6, 6.07) is 0. The Bertz CT molecular complexity index is 537. The molecule has 0 radical (unpaired) electrons. The summed E-state index contributed by atoms with van der Waals surface area (Å²) in [6.45, 7) is 8.60. The van der Waals surface area contributed by atoms with Gasteiger partial charge in [-0.3, -0.25) is 0 Å². The number of aliphatic hydroxyl groups excluding tert-OH is 4. The van der Waals surface area contributed by atoms with Crippen LogP contribution in [0.3, 0.4) is 0 Å². The molecule has 1 rings (SSSR count). The topological polar surface area (TPSA) is 118 Å². The van der Waals surface area contributed by atoms with E-state index in [1.54, 1.807) is 0 Å². The van der Waals surface area contributed by atoms with Gasteiger partial charge in [-0.1, -0.05) is 111 Å². The van der Waals surface area contributed by atoms with E-state index in [9.17, 15) is 20.4 Å². The minimum atomic E-state index is -1.46. The molecule has 0 spiro atoms. The third kappa shape index (κ3) is 15.8. The predicted octanol–water partition coefficient (Wildman–Crippen LogP) is 5.51. The van der Waals surface area contributed by atoms with Crippen molar-refractivity contribution in [2.24, 2.45) is 5.41 Å². The summed E-state index contributed by atoms with van der Waals surface area (Å²) in [5.74, 6) is 0. The van der Waals surface area contributed by atoms with Crippen LogP contribution in [0, 0.1) is 5.41 Å². The number of unbranched alkanes of at least 4 members (excludes halogenated alkanes) is 14. The molecule has 8 heteroatoms. The van der Waals surface area contributed by atoms with Crippen LogP contribution in [-0.4, -0.2) is 90.8 Å². The van der Waals surface area contributed by atoms with E-state index >= 15 is 0 Å². The van der Waals surface area contributed by atoms with E-state index in [4.69, 9.17) is 18.9 Å². The summed E-state index contributed by atoms with van der Waals surface area (Å²) in [5.41, 5.74) is -0.431. The zero-order valence-electron chi connectivity index (χ0n) is 26.1. The molecular formula is C32H64O8. The largest absolute Gasteiger partial charge is 0.394 e. The quantitative estimate of drug-likeness (QED) is 0.0945. The van der Waals surface area contributed by atoms with Gasteiger partial charge in [0, 0.05) is 18.6 Å². The van der Waals surface area contributed by atoms with Gasteiger partial charge in [-0.25, -0.2) is 0 Å². The maximum absolute atomic E-state index is 10.4. The smallest absolute Gasteiger partial charge is 0.186 e. The maximum Gasteiger partial charge on any atom is 0.186 e. The van der Waals surface area contributed by atoms with Crippen molar-refractivity contribution in [2.75, 3.05) is 39.6 Å². The van der Waals surface area contributed by atoms with Gasteiger partial charge in [0.15, 0.2) is 6.29 Å². The van der Waals surface area contributed by atoms with E-state index in [0.717, 1.165) is 19.3 Å². The Hall–Kier alpha value is -0.320. The second kappa shape index (κ2) is 24.2. The third-order valence-electron chi connectivity index (χ3n) is 8.25. The van der Waals surface area contributed by atoms with Crippen molar-refractivity contribution in [3.8, 4) is 0 Å². The van der Waals surface area contributed by atoms with Crippen LogP contribution in [-0.2, 0) is 18.9 Å². The molecule has 0 aliphatic carbocycles. The number of rotatable bonds is 27. The Kier molecular flexibility index (Phi) is 22.8. The molecule has 0 saturated carbocycles. The number of ether oxygens (including phenoxy) is 4. The van der Waals surface area contributed by atoms with Crippen molar-refractivity contribution in [2.45, 2.75) is 161 Å². The minimum Gasteiger partial charge on any atom is -0.394 e. The second-order valence-corrected chi connectivity index (χ2v) is 11.9.